The Kier molecular flexibility index (Phi) is 2.96. The molecule has 2 aromatic rings. The van der Waals surface area contributed by atoms with Gasteiger partial charge in [-0.25, -0.2) is 0 Å². The number of nitrogens with one attached hydrogen (secondary N) is 2. The number of rotatable bonds is 1. The zero-order valence-electron chi connectivity index (χ0n) is 11.7. The number of hydrogen-bond acceptors (Lipinski definition) is 4. The normalized spacial score (nSPS) is 22.3. The van der Waals surface area contributed by atoms with Gasteiger partial charge in [0, 0.05) is 21.8 Å². The number of fused-ring (bicyclic) bond motifs is 2. The molecule has 110 valence electrons. The Labute approximate surface area is 136 Å². The standard InChI is InChI=1S/C16H12ClN3OS/c1-9-2-4-10(5-3-9)14-19-20-16(22-14)12-8-11(17)6-7-13(12)18-15(16)21/h2-8,20H,1H3,(H,18,21). The van der Waals surface area contributed by atoms with Crippen molar-refractivity contribution in [3.05, 3.63) is 64.2 Å². The van der Waals surface area contributed by atoms with Gasteiger partial charge in [-0.15, -0.1) is 0 Å². The van der Waals surface area contributed by atoms with Crippen LogP contribution in [0.2, 0.25) is 5.02 Å². The van der Waals surface area contributed by atoms with Crippen LogP contribution in [0.25, 0.3) is 0 Å². The fraction of sp³-hybridized carbons (Fsp3) is 0.125. The summed E-state index contributed by atoms with van der Waals surface area (Å²) in [4.78, 5) is 11.6. The van der Waals surface area contributed by atoms with Gasteiger partial charge >= 0.3 is 0 Å². The minimum atomic E-state index is -0.930. The van der Waals surface area contributed by atoms with Crippen molar-refractivity contribution >= 4 is 40.0 Å². The minimum absolute atomic E-state index is 0.124. The molecule has 2 aliphatic rings. The number of aryl methyl sites for hydroxylation is 1. The average molecular weight is 330 g/mol. The molecule has 6 heteroatoms. The lowest BCUT2D eigenvalue weighted by Crippen LogP contribution is -2.39. The van der Waals surface area contributed by atoms with Crippen molar-refractivity contribution in [1.82, 2.24) is 5.43 Å². The molecule has 2 aromatic carbocycles. The lowest BCUT2D eigenvalue weighted by molar-refractivity contribution is -0.118. The van der Waals surface area contributed by atoms with Crippen molar-refractivity contribution in [1.29, 1.82) is 0 Å². The molecule has 2 N–H and O–H groups in total. The third-order valence-electron chi connectivity index (χ3n) is 3.79. The summed E-state index contributed by atoms with van der Waals surface area (Å²) in [5.41, 5.74) is 6.78. The van der Waals surface area contributed by atoms with Gasteiger partial charge < -0.3 is 5.32 Å². The summed E-state index contributed by atoms with van der Waals surface area (Å²) in [6.45, 7) is 2.04. The summed E-state index contributed by atoms with van der Waals surface area (Å²) in [6.07, 6.45) is 0. The fourth-order valence-electron chi connectivity index (χ4n) is 2.60. The number of benzene rings is 2. The van der Waals surface area contributed by atoms with Crippen molar-refractivity contribution in [2.45, 2.75) is 11.8 Å². The highest BCUT2D eigenvalue weighted by Crippen LogP contribution is 2.48. The van der Waals surface area contributed by atoms with E-state index in [9.17, 15) is 4.79 Å². The zero-order valence-corrected chi connectivity index (χ0v) is 13.3. The number of halogens is 1. The lowest BCUT2D eigenvalue weighted by Gasteiger charge is -2.19. The first-order valence-electron chi connectivity index (χ1n) is 6.81. The minimum Gasteiger partial charge on any atom is -0.323 e. The van der Waals surface area contributed by atoms with E-state index in [0.717, 1.165) is 21.9 Å². The molecule has 0 fully saturated rings. The van der Waals surface area contributed by atoms with E-state index in [1.807, 2.05) is 43.3 Å². The summed E-state index contributed by atoms with van der Waals surface area (Å²) in [5.74, 6) is -0.124. The van der Waals surface area contributed by atoms with Crippen LogP contribution in [0.1, 0.15) is 16.7 Å². The molecule has 2 aliphatic heterocycles. The van der Waals surface area contributed by atoms with Gasteiger partial charge in [0.25, 0.3) is 5.91 Å². The van der Waals surface area contributed by atoms with Crippen molar-refractivity contribution in [2.24, 2.45) is 5.10 Å². The van der Waals surface area contributed by atoms with Gasteiger partial charge in [0.15, 0.2) is 0 Å². The van der Waals surface area contributed by atoms with Gasteiger partial charge in [-0.2, -0.15) is 5.10 Å². The van der Waals surface area contributed by atoms with Crippen LogP contribution in [0.3, 0.4) is 0 Å². The maximum Gasteiger partial charge on any atom is 0.267 e. The molecule has 1 amide bonds. The molecule has 0 saturated heterocycles. The van der Waals surface area contributed by atoms with Gasteiger partial charge in [0.2, 0.25) is 4.87 Å². The monoisotopic (exact) mass is 329 g/mol. The molecule has 1 spiro atoms. The fourth-order valence-corrected chi connectivity index (χ4v) is 3.92. The molecule has 2 heterocycles. The van der Waals surface area contributed by atoms with Crippen LogP contribution in [-0.4, -0.2) is 11.0 Å². The second-order valence-electron chi connectivity index (χ2n) is 5.32. The Morgan fingerprint density at radius 2 is 1.95 bits per heavy atom. The van der Waals surface area contributed by atoms with Gasteiger partial charge in [-0.05, 0) is 25.1 Å². The van der Waals surface area contributed by atoms with E-state index in [4.69, 9.17) is 11.6 Å². The molecule has 0 aromatic heterocycles. The van der Waals surface area contributed by atoms with E-state index in [2.05, 4.69) is 15.8 Å². The quantitative estimate of drug-likeness (QED) is 0.842. The molecule has 4 rings (SSSR count). The van der Waals surface area contributed by atoms with Gasteiger partial charge in [0.05, 0.1) is 0 Å². The molecular weight excluding hydrogens is 318 g/mol. The maximum atomic E-state index is 12.5. The van der Waals surface area contributed by atoms with E-state index in [1.165, 1.54) is 17.3 Å². The van der Waals surface area contributed by atoms with E-state index in [1.54, 1.807) is 6.07 Å². The van der Waals surface area contributed by atoms with Crippen molar-refractivity contribution < 1.29 is 4.79 Å². The number of hydrazone groups is 1. The second-order valence-corrected chi connectivity index (χ2v) is 6.96. The Morgan fingerprint density at radius 1 is 1.18 bits per heavy atom. The molecule has 1 atom stereocenters. The number of thioether (sulfide) groups is 1. The van der Waals surface area contributed by atoms with Crippen molar-refractivity contribution in [3.8, 4) is 0 Å². The van der Waals surface area contributed by atoms with E-state index >= 15 is 0 Å². The average Bonchev–Trinajstić information content (AvgIpc) is 3.06. The van der Waals surface area contributed by atoms with Gasteiger partial charge in [-0.1, -0.05) is 53.2 Å². The Bertz CT molecular complexity index is 819. The number of anilines is 1. The topological polar surface area (TPSA) is 53.5 Å². The summed E-state index contributed by atoms with van der Waals surface area (Å²) >= 11 is 7.50. The van der Waals surface area contributed by atoms with E-state index < -0.39 is 4.87 Å². The van der Waals surface area contributed by atoms with Crippen LogP contribution in [0, 0.1) is 6.92 Å². The number of carbonyl (C=O) groups excluding carboxylic acids is 1. The highest BCUT2D eigenvalue weighted by molar-refractivity contribution is 8.16. The number of amides is 1. The van der Waals surface area contributed by atoms with Crippen LogP contribution in [-0.2, 0) is 9.67 Å². The Hall–Kier alpha value is -1.98. The predicted molar refractivity (Wildman–Crippen MR) is 90.2 cm³/mol. The van der Waals surface area contributed by atoms with Crippen LogP contribution in [0.15, 0.2) is 47.6 Å². The van der Waals surface area contributed by atoms with Crippen molar-refractivity contribution in [3.63, 3.8) is 0 Å². The zero-order chi connectivity index (χ0) is 15.3. The van der Waals surface area contributed by atoms with Crippen LogP contribution >= 0.6 is 23.4 Å². The van der Waals surface area contributed by atoms with Crippen molar-refractivity contribution in [2.75, 3.05) is 5.32 Å². The highest BCUT2D eigenvalue weighted by atomic mass is 35.5. The predicted octanol–water partition coefficient (Wildman–Crippen LogP) is 3.45. The maximum absolute atomic E-state index is 12.5. The third kappa shape index (κ3) is 1.93. The highest BCUT2D eigenvalue weighted by Gasteiger charge is 2.52. The summed E-state index contributed by atoms with van der Waals surface area (Å²) in [5, 5.41) is 8.65. The SMILES string of the molecule is Cc1ccc(C2=NNC3(S2)C(=O)Nc2ccc(Cl)cc23)cc1. The number of hydrogen-bond donors (Lipinski definition) is 2. The second kappa shape index (κ2) is 4.76. The summed E-state index contributed by atoms with van der Waals surface area (Å²) in [6, 6.07) is 13.5. The molecule has 22 heavy (non-hydrogen) atoms. The van der Waals surface area contributed by atoms with E-state index in [0.29, 0.717) is 5.02 Å². The number of carbonyl (C=O) groups is 1. The molecule has 0 aliphatic carbocycles. The third-order valence-corrected chi connectivity index (χ3v) is 5.35. The first-order valence-corrected chi connectivity index (χ1v) is 8.00. The Balaban J connectivity index is 1.73. The van der Waals surface area contributed by atoms with Crippen LogP contribution in [0.5, 0.6) is 0 Å². The number of nitrogens with zero attached hydrogens (tertiary/aromatic N) is 1. The van der Waals surface area contributed by atoms with Crippen LogP contribution in [0.4, 0.5) is 5.69 Å². The molecule has 1 unspecified atom stereocenters. The Morgan fingerprint density at radius 3 is 2.73 bits per heavy atom. The first-order chi connectivity index (χ1) is 10.6. The smallest absolute Gasteiger partial charge is 0.267 e. The van der Waals surface area contributed by atoms with E-state index in [-0.39, 0.29) is 5.91 Å². The van der Waals surface area contributed by atoms with Crippen LogP contribution < -0.4 is 10.7 Å². The molecular formula is C16H12ClN3OS. The molecule has 0 radical (unpaired) electrons. The van der Waals surface area contributed by atoms with Gasteiger partial charge in [0.1, 0.15) is 5.04 Å². The summed E-state index contributed by atoms with van der Waals surface area (Å²) in [7, 11) is 0. The largest absolute Gasteiger partial charge is 0.323 e. The lowest BCUT2D eigenvalue weighted by atomic mass is 10.1. The molecule has 0 bridgehead atoms. The molecule has 0 saturated carbocycles. The molecule has 4 nitrogen and oxygen atoms in total. The first kappa shape index (κ1) is 13.7. The summed E-state index contributed by atoms with van der Waals surface area (Å²) < 4.78 is 0. The van der Waals surface area contributed by atoms with Gasteiger partial charge in [-0.3, -0.25) is 10.2 Å².